The molecule has 184 valence electrons. The molecule has 3 rings (SSSR count). The molecule has 0 spiro atoms. The third-order valence-corrected chi connectivity index (χ3v) is 6.29. The Bertz CT molecular complexity index is 1140. The van der Waals surface area contributed by atoms with Gasteiger partial charge in [-0.15, -0.1) is 0 Å². The summed E-state index contributed by atoms with van der Waals surface area (Å²) < 4.78 is 85.1. The molecule has 1 atom stereocenters. The van der Waals surface area contributed by atoms with Crippen LogP contribution in [0.25, 0.3) is 0 Å². The molecule has 0 aliphatic rings. The van der Waals surface area contributed by atoms with Crippen LogP contribution in [0.5, 0.6) is 0 Å². The van der Waals surface area contributed by atoms with Crippen molar-refractivity contribution in [3.05, 3.63) is 82.0 Å². The normalized spacial score (nSPS) is 14.7. The summed E-state index contributed by atoms with van der Waals surface area (Å²) in [6.45, 7) is 3.61. The zero-order chi connectivity index (χ0) is 25.5. The third-order valence-electron chi connectivity index (χ3n) is 5.66. The number of aliphatic hydroxyl groups is 1. The Morgan fingerprint density at radius 1 is 0.971 bits per heavy atom. The lowest BCUT2D eigenvalue weighted by molar-refractivity contribution is -0.376. The Morgan fingerprint density at radius 2 is 1.59 bits per heavy atom. The van der Waals surface area contributed by atoms with Gasteiger partial charge >= 0.3 is 12.4 Å². The van der Waals surface area contributed by atoms with E-state index in [1.807, 2.05) is 0 Å². The van der Waals surface area contributed by atoms with Crippen molar-refractivity contribution in [1.82, 2.24) is 4.98 Å². The van der Waals surface area contributed by atoms with E-state index >= 15 is 0 Å². The minimum atomic E-state index is -6.03. The van der Waals surface area contributed by atoms with Gasteiger partial charge in [0.15, 0.2) is 6.39 Å². The molecule has 0 saturated heterocycles. The number of halogens is 8. The Morgan fingerprint density at radius 3 is 2.06 bits per heavy atom. The first-order valence-corrected chi connectivity index (χ1v) is 10.5. The molecule has 0 saturated carbocycles. The standard InChI is InChI=1S/C22H18Cl2F6N2O2/c1-3-32(19(2,18-11-34-12-31-18)14-6-4-5-7-15(14)23)17-9-8-13(10-16(17)24)20(33,21(25,26)27)22(28,29)30/h4-12,33H,3H2,1-2H3. The molecule has 34 heavy (non-hydrogen) atoms. The number of hydrogen-bond donors (Lipinski definition) is 1. The smallest absolute Gasteiger partial charge is 0.430 e. The Labute approximate surface area is 200 Å². The number of hydrogen-bond acceptors (Lipinski definition) is 4. The lowest BCUT2D eigenvalue weighted by Crippen LogP contribution is -2.54. The summed E-state index contributed by atoms with van der Waals surface area (Å²) in [7, 11) is 0. The van der Waals surface area contributed by atoms with Crippen LogP contribution in [0.4, 0.5) is 32.0 Å². The van der Waals surface area contributed by atoms with E-state index in [9.17, 15) is 31.4 Å². The maximum atomic E-state index is 13.3. The number of nitrogens with zero attached hydrogens (tertiary/aromatic N) is 2. The molecule has 0 aliphatic carbocycles. The van der Waals surface area contributed by atoms with Crippen LogP contribution in [0.15, 0.2) is 59.5 Å². The minimum Gasteiger partial charge on any atom is -0.451 e. The Balaban J connectivity index is 2.22. The number of benzene rings is 2. The van der Waals surface area contributed by atoms with Gasteiger partial charge in [0.05, 0.1) is 10.7 Å². The second-order valence-corrected chi connectivity index (χ2v) is 8.36. The molecule has 1 unspecified atom stereocenters. The summed E-state index contributed by atoms with van der Waals surface area (Å²) in [6.07, 6.45) is -9.54. The second kappa shape index (κ2) is 8.98. The average molecular weight is 527 g/mol. The van der Waals surface area contributed by atoms with Gasteiger partial charge in [0.25, 0.3) is 5.60 Å². The highest BCUT2D eigenvalue weighted by Gasteiger charge is 2.71. The topological polar surface area (TPSA) is 49.5 Å². The summed E-state index contributed by atoms with van der Waals surface area (Å²) in [6, 6.07) is 8.72. The van der Waals surface area contributed by atoms with Crippen LogP contribution < -0.4 is 4.90 Å². The maximum Gasteiger partial charge on any atom is 0.430 e. The predicted molar refractivity (Wildman–Crippen MR) is 115 cm³/mol. The van der Waals surface area contributed by atoms with Gasteiger partial charge in [-0.2, -0.15) is 26.3 Å². The summed E-state index contributed by atoms with van der Waals surface area (Å²) in [5.74, 6) is 0. The average Bonchev–Trinajstić information content (AvgIpc) is 3.28. The number of alkyl halides is 6. The van der Waals surface area contributed by atoms with Crippen molar-refractivity contribution in [3.8, 4) is 0 Å². The van der Waals surface area contributed by atoms with Crippen molar-refractivity contribution < 1.29 is 35.9 Å². The van der Waals surface area contributed by atoms with Crippen LogP contribution in [0, 0.1) is 0 Å². The molecule has 1 N–H and O–H groups in total. The molecule has 1 aromatic heterocycles. The van der Waals surface area contributed by atoms with Crippen LogP contribution in [0.2, 0.25) is 10.0 Å². The molecule has 12 heteroatoms. The van der Waals surface area contributed by atoms with Crippen LogP contribution in [-0.4, -0.2) is 29.0 Å². The minimum absolute atomic E-state index is 0.0880. The van der Waals surface area contributed by atoms with Gasteiger partial charge in [0.1, 0.15) is 17.5 Å². The highest BCUT2D eigenvalue weighted by Crippen LogP contribution is 2.51. The Kier molecular flexibility index (Phi) is 6.91. The van der Waals surface area contributed by atoms with Crippen molar-refractivity contribution in [2.24, 2.45) is 0 Å². The maximum absolute atomic E-state index is 13.3. The first-order chi connectivity index (χ1) is 15.7. The summed E-state index contributed by atoms with van der Waals surface area (Å²) in [5, 5.41) is 9.61. The van der Waals surface area contributed by atoms with Crippen molar-refractivity contribution >= 4 is 28.9 Å². The highest BCUT2D eigenvalue weighted by molar-refractivity contribution is 6.33. The lowest BCUT2D eigenvalue weighted by Gasteiger charge is -2.42. The first-order valence-electron chi connectivity index (χ1n) is 9.76. The number of aromatic nitrogens is 1. The van der Waals surface area contributed by atoms with Gasteiger partial charge in [-0.05, 0) is 32.0 Å². The molecular weight excluding hydrogens is 509 g/mol. The van der Waals surface area contributed by atoms with Crippen molar-refractivity contribution in [2.75, 3.05) is 11.4 Å². The summed E-state index contributed by atoms with van der Waals surface area (Å²) in [4.78, 5) is 5.81. The van der Waals surface area contributed by atoms with E-state index < -0.39 is 34.1 Å². The van der Waals surface area contributed by atoms with E-state index in [-0.39, 0.29) is 12.2 Å². The molecule has 0 amide bonds. The predicted octanol–water partition coefficient (Wildman–Crippen LogP) is 7.08. The van der Waals surface area contributed by atoms with Crippen molar-refractivity contribution in [2.45, 2.75) is 37.3 Å². The molecule has 0 radical (unpaired) electrons. The van der Waals surface area contributed by atoms with E-state index in [0.717, 1.165) is 6.07 Å². The van der Waals surface area contributed by atoms with Gasteiger partial charge in [0.2, 0.25) is 0 Å². The number of rotatable bonds is 6. The quantitative estimate of drug-likeness (QED) is 0.348. The van der Waals surface area contributed by atoms with E-state index in [2.05, 4.69) is 4.98 Å². The van der Waals surface area contributed by atoms with E-state index in [4.69, 9.17) is 27.6 Å². The largest absolute Gasteiger partial charge is 0.451 e. The third kappa shape index (κ3) is 4.12. The fourth-order valence-electron chi connectivity index (χ4n) is 3.90. The first kappa shape index (κ1) is 26.2. The highest BCUT2D eigenvalue weighted by atomic mass is 35.5. The van der Waals surface area contributed by atoms with Crippen LogP contribution in [0.3, 0.4) is 0 Å². The molecule has 0 aliphatic heterocycles. The van der Waals surface area contributed by atoms with Crippen molar-refractivity contribution in [1.29, 1.82) is 0 Å². The molecule has 0 fully saturated rings. The summed E-state index contributed by atoms with van der Waals surface area (Å²) >= 11 is 12.7. The van der Waals surface area contributed by atoms with Gasteiger partial charge < -0.3 is 14.4 Å². The van der Waals surface area contributed by atoms with Gasteiger partial charge in [-0.1, -0.05) is 47.5 Å². The Hall–Kier alpha value is -2.43. The molecule has 3 aromatic rings. The number of anilines is 1. The second-order valence-electron chi connectivity index (χ2n) is 7.54. The van der Waals surface area contributed by atoms with Gasteiger partial charge in [-0.3, -0.25) is 0 Å². The fraction of sp³-hybridized carbons (Fsp3) is 0.318. The molecule has 1 heterocycles. The van der Waals surface area contributed by atoms with E-state index in [0.29, 0.717) is 28.4 Å². The monoisotopic (exact) mass is 526 g/mol. The van der Waals surface area contributed by atoms with Crippen molar-refractivity contribution in [3.63, 3.8) is 0 Å². The van der Waals surface area contributed by atoms with Crippen LogP contribution in [-0.2, 0) is 11.1 Å². The zero-order valence-electron chi connectivity index (χ0n) is 17.7. The van der Waals surface area contributed by atoms with Crippen LogP contribution in [0.1, 0.15) is 30.7 Å². The van der Waals surface area contributed by atoms with E-state index in [1.54, 1.807) is 43.0 Å². The van der Waals surface area contributed by atoms with Gasteiger partial charge in [0, 0.05) is 22.7 Å². The SMILES string of the molecule is CCN(c1ccc(C(O)(C(F)(F)F)C(F)(F)F)cc1Cl)C(C)(c1cocn1)c1ccccc1Cl. The van der Waals surface area contributed by atoms with Crippen LogP contribution >= 0.6 is 23.2 Å². The molecule has 2 aromatic carbocycles. The zero-order valence-corrected chi connectivity index (χ0v) is 19.2. The van der Waals surface area contributed by atoms with Gasteiger partial charge in [-0.25, -0.2) is 4.98 Å². The van der Waals surface area contributed by atoms with E-state index in [1.165, 1.54) is 12.7 Å². The molecule has 4 nitrogen and oxygen atoms in total. The fourth-order valence-corrected chi connectivity index (χ4v) is 4.50. The lowest BCUT2D eigenvalue weighted by atomic mass is 9.85. The number of oxazole rings is 1. The molecular formula is C22H18Cl2F6N2O2. The molecule has 0 bridgehead atoms. The summed E-state index contributed by atoms with van der Waals surface area (Å²) in [5.41, 5.74) is -6.75.